The Labute approximate surface area is 124 Å². The van der Waals surface area contributed by atoms with E-state index in [1.54, 1.807) is 11.3 Å². The van der Waals surface area contributed by atoms with E-state index in [0.717, 1.165) is 16.7 Å². The van der Waals surface area contributed by atoms with Crippen molar-refractivity contribution in [3.8, 4) is 0 Å². The number of methoxy groups -OCH3 is 1. The summed E-state index contributed by atoms with van der Waals surface area (Å²) in [5.41, 5.74) is 0.978. The number of aryl methyl sites for hydroxylation is 1. The number of carbonyl (C=O) groups excluding carboxylic acids is 1. The van der Waals surface area contributed by atoms with Gasteiger partial charge in [0.25, 0.3) is 0 Å². The van der Waals surface area contributed by atoms with E-state index < -0.39 is 0 Å². The highest BCUT2D eigenvalue weighted by molar-refractivity contribution is 7.13. The van der Waals surface area contributed by atoms with E-state index in [2.05, 4.69) is 22.0 Å². The molecule has 5 heteroatoms. The van der Waals surface area contributed by atoms with Crippen molar-refractivity contribution in [3.05, 3.63) is 11.1 Å². The fourth-order valence-corrected chi connectivity index (χ4v) is 3.61. The number of aromatic nitrogens is 1. The maximum absolute atomic E-state index is 11.1. The van der Waals surface area contributed by atoms with E-state index in [0.29, 0.717) is 18.9 Å². The largest absolute Gasteiger partial charge is 0.469 e. The predicted molar refractivity (Wildman–Crippen MR) is 82.1 cm³/mol. The van der Waals surface area contributed by atoms with Crippen LogP contribution in [0.4, 0.5) is 5.13 Å². The first kappa shape index (κ1) is 15.3. The van der Waals surface area contributed by atoms with Gasteiger partial charge in [-0.2, -0.15) is 0 Å². The summed E-state index contributed by atoms with van der Waals surface area (Å²) in [5.74, 6) is 0.686. The molecule has 0 aliphatic heterocycles. The quantitative estimate of drug-likeness (QED) is 0.814. The van der Waals surface area contributed by atoms with E-state index >= 15 is 0 Å². The number of rotatable bonds is 6. The summed E-state index contributed by atoms with van der Waals surface area (Å²) in [5, 5.41) is 6.58. The van der Waals surface area contributed by atoms with Gasteiger partial charge >= 0.3 is 5.97 Å². The molecule has 1 fully saturated rings. The summed E-state index contributed by atoms with van der Waals surface area (Å²) in [6.45, 7) is 2.28. The molecule has 1 heterocycles. The van der Waals surface area contributed by atoms with Gasteiger partial charge in [-0.25, -0.2) is 4.98 Å². The van der Waals surface area contributed by atoms with Crippen LogP contribution in [-0.2, 0) is 16.0 Å². The van der Waals surface area contributed by atoms with Crippen LogP contribution in [0.1, 0.15) is 51.1 Å². The van der Waals surface area contributed by atoms with Gasteiger partial charge in [0.1, 0.15) is 0 Å². The normalized spacial score (nSPS) is 22.5. The lowest BCUT2D eigenvalue weighted by Gasteiger charge is -2.28. The average molecular weight is 296 g/mol. The van der Waals surface area contributed by atoms with Crippen molar-refractivity contribution in [2.75, 3.05) is 12.4 Å². The lowest BCUT2D eigenvalue weighted by Crippen LogP contribution is -2.27. The maximum atomic E-state index is 11.1. The van der Waals surface area contributed by atoms with Crippen molar-refractivity contribution >= 4 is 22.4 Å². The van der Waals surface area contributed by atoms with Crippen molar-refractivity contribution in [2.45, 2.75) is 57.9 Å². The summed E-state index contributed by atoms with van der Waals surface area (Å²) in [6.07, 6.45) is 7.53. The van der Waals surface area contributed by atoms with Crippen LogP contribution in [0.25, 0.3) is 0 Å². The van der Waals surface area contributed by atoms with Crippen molar-refractivity contribution < 1.29 is 9.53 Å². The Hall–Kier alpha value is -1.10. The lowest BCUT2D eigenvalue weighted by molar-refractivity contribution is -0.140. The lowest BCUT2D eigenvalue weighted by atomic mass is 9.84. The molecule has 20 heavy (non-hydrogen) atoms. The molecular weight excluding hydrogens is 272 g/mol. The minimum atomic E-state index is -0.175. The van der Waals surface area contributed by atoms with Crippen molar-refractivity contribution in [2.24, 2.45) is 5.92 Å². The topological polar surface area (TPSA) is 51.2 Å². The first-order valence-electron chi connectivity index (χ1n) is 7.49. The molecule has 2 unspecified atom stereocenters. The summed E-state index contributed by atoms with van der Waals surface area (Å²) < 4.78 is 4.65. The highest BCUT2D eigenvalue weighted by Crippen LogP contribution is 2.29. The molecule has 0 bridgehead atoms. The van der Waals surface area contributed by atoms with Gasteiger partial charge in [0, 0.05) is 17.8 Å². The third-order valence-corrected chi connectivity index (χ3v) is 4.87. The van der Waals surface area contributed by atoms with E-state index in [9.17, 15) is 4.79 Å². The van der Waals surface area contributed by atoms with Crippen molar-refractivity contribution in [1.29, 1.82) is 0 Å². The number of hydrogen-bond acceptors (Lipinski definition) is 5. The van der Waals surface area contributed by atoms with Crippen LogP contribution in [0.3, 0.4) is 0 Å². The number of ether oxygens (including phenoxy) is 1. The fraction of sp³-hybridized carbons (Fsp3) is 0.733. The van der Waals surface area contributed by atoms with Gasteiger partial charge in [-0.05, 0) is 18.8 Å². The number of anilines is 1. The molecule has 2 atom stereocenters. The van der Waals surface area contributed by atoms with Crippen LogP contribution >= 0.6 is 11.3 Å². The molecule has 0 amide bonds. The first-order valence-corrected chi connectivity index (χ1v) is 8.37. The molecule has 1 aromatic heterocycles. The standard InChI is InChI=1S/C15H24N2O2S/c1-3-11-5-4-6-12(9-11)16-15-17-13(10-20-15)7-8-14(18)19-2/h10-12H,3-9H2,1-2H3,(H,16,17). The van der Waals surface area contributed by atoms with Crippen LogP contribution in [0.2, 0.25) is 0 Å². The number of hydrogen-bond donors (Lipinski definition) is 1. The summed E-state index contributed by atoms with van der Waals surface area (Å²) in [6, 6.07) is 0.563. The fourth-order valence-electron chi connectivity index (χ4n) is 2.79. The SMILES string of the molecule is CCC1CCCC(Nc2nc(CCC(=O)OC)cs2)C1. The maximum Gasteiger partial charge on any atom is 0.305 e. The minimum absolute atomic E-state index is 0.175. The smallest absolute Gasteiger partial charge is 0.305 e. The van der Waals surface area contributed by atoms with Gasteiger partial charge in [-0.15, -0.1) is 11.3 Å². The summed E-state index contributed by atoms with van der Waals surface area (Å²) in [4.78, 5) is 15.7. The van der Waals surface area contributed by atoms with Crippen LogP contribution in [0.5, 0.6) is 0 Å². The Balaban J connectivity index is 1.81. The Morgan fingerprint density at radius 1 is 1.55 bits per heavy atom. The van der Waals surface area contributed by atoms with Crippen LogP contribution in [0.15, 0.2) is 5.38 Å². The predicted octanol–water partition coefficient (Wildman–Crippen LogP) is 3.63. The number of nitrogens with one attached hydrogen (secondary N) is 1. The molecule has 1 N–H and O–H groups in total. The molecule has 0 aromatic carbocycles. The minimum Gasteiger partial charge on any atom is -0.469 e. The molecular formula is C15H24N2O2S. The Morgan fingerprint density at radius 3 is 3.15 bits per heavy atom. The Morgan fingerprint density at radius 2 is 2.40 bits per heavy atom. The van der Waals surface area contributed by atoms with E-state index in [1.165, 1.54) is 39.2 Å². The molecule has 0 saturated heterocycles. The second kappa shape index (κ2) is 7.62. The van der Waals surface area contributed by atoms with Gasteiger partial charge in [0.2, 0.25) is 0 Å². The van der Waals surface area contributed by atoms with E-state index in [1.807, 2.05) is 5.38 Å². The zero-order valence-corrected chi connectivity index (χ0v) is 13.2. The number of nitrogens with zero attached hydrogens (tertiary/aromatic N) is 1. The first-order chi connectivity index (χ1) is 9.71. The third kappa shape index (κ3) is 4.47. The van der Waals surface area contributed by atoms with Crippen LogP contribution in [-0.4, -0.2) is 24.1 Å². The van der Waals surface area contributed by atoms with Crippen LogP contribution < -0.4 is 5.32 Å². The molecule has 1 aliphatic rings. The van der Waals surface area contributed by atoms with E-state index in [4.69, 9.17) is 0 Å². The second-order valence-electron chi connectivity index (χ2n) is 5.50. The molecule has 2 rings (SSSR count). The third-order valence-electron chi connectivity index (χ3n) is 4.05. The molecule has 4 nitrogen and oxygen atoms in total. The number of thiazole rings is 1. The van der Waals surface area contributed by atoms with Gasteiger partial charge < -0.3 is 10.1 Å². The molecule has 1 saturated carbocycles. The molecule has 1 aliphatic carbocycles. The van der Waals surface area contributed by atoms with Crippen molar-refractivity contribution in [1.82, 2.24) is 4.98 Å². The molecule has 112 valence electrons. The molecule has 1 aromatic rings. The Kier molecular flexibility index (Phi) is 5.83. The van der Waals surface area contributed by atoms with E-state index in [-0.39, 0.29) is 5.97 Å². The second-order valence-corrected chi connectivity index (χ2v) is 6.36. The number of carbonyl (C=O) groups is 1. The monoisotopic (exact) mass is 296 g/mol. The average Bonchev–Trinajstić information content (AvgIpc) is 2.92. The summed E-state index contributed by atoms with van der Waals surface area (Å²) >= 11 is 1.64. The van der Waals surface area contributed by atoms with Crippen LogP contribution in [0, 0.1) is 5.92 Å². The highest BCUT2D eigenvalue weighted by atomic mass is 32.1. The van der Waals surface area contributed by atoms with Crippen molar-refractivity contribution in [3.63, 3.8) is 0 Å². The molecule has 0 radical (unpaired) electrons. The summed E-state index contributed by atoms with van der Waals surface area (Å²) in [7, 11) is 1.42. The number of esters is 1. The Bertz CT molecular complexity index is 433. The van der Waals surface area contributed by atoms with Gasteiger partial charge in [0.05, 0.1) is 19.2 Å². The van der Waals surface area contributed by atoms with Gasteiger partial charge in [-0.1, -0.05) is 26.2 Å². The highest BCUT2D eigenvalue weighted by Gasteiger charge is 2.21. The van der Waals surface area contributed by atoms with Gasteiger partial charge in [-0.3, -0.25) is 4.79 Å². The van der Waals surface area contributed by atoms with Gasteiger partial charge in [0.15, 0.2) is 5.13 Å². The zero-order chi connectivity index (χ0) is 14.4. The zero-order valence-electron chi connectivity index (χ0n) is 12.4. The molecule has 0 spiro atoms.